The molecule has 23 heavy (non-hydrogen) atoms. The van der Waals surface area contributed by atoms with E-state index in [0.29, 0.717) is 9.80 Å². The molecule has 0 saturated carbocycles. The van der Waals surface area contributed by atoms with Gasteiger partial charge in [0.25, 0.3) is 17.5 Å². The SMILES string of the molecule is CN1C(=O)C(C(=O)Nc2ccccc2[N+](=O)[O-])C(=O)N(C)C1=O. The average molecular weight is 320 g/mol. The first-order chi connectivity index (χ1) is 10.8. The Hall–Kier alpha value is -3.30. The molecule has 10 heteroatoms. The van der Waals surface area contributed by atoms with Gasteiger partial charge in [-0.25, -0.2) is 4.79 Å². The molecule has 1 aliphatic rings. The van der Waals surface area contributed by atoms with Crippen LogP contribution in [-0.4, -0.2) is 52.6 Å². The quantitative estimate of drug-likeness (QED) is 0.481. The van der Waals surface area contributed by atoms with Crippen LogP contribution >= 0.6 is 0 Å². The van der Waals surface area contributed by atoms with Crippen LogP contribution < -0.4 is 5.32 Å². The molecule has 0 atom stereocenters. The second-order valence-corrected chi connectivity index (χ2v) is 4.77. The Kier molecular flexibility index (Phi) is 4.08. The van der Waals surface area contributed by atoms with Crippen LogP contribution in [-0.2, 0) is 14.4 Å². The minimum Gasteiger partial charge on any atom is -0.319 e. The Morgan fingerprint density at radius 3 is 2.17 bits per heavy atom. The molecule has 0 unspecified atom stereocenters. The highest BCUT2D eigenvalue weighted by molar-refractivity contribution is 6.28. The molecule has 1 saturated heterocycles. The summed E-state index contributed by atoms with van der Waals surface area (Å²) < 4.78 is 0. The number of para-hydroxylation sites is 2. The number of urea groups is 1. The lowest BCUT2D eigenvalue weighted by molar-refractivity contribution is -0.383. The topological polar surface area (TPSA) is 130 Å². The standard InChI is InChI=1S/C13H12N4O6/c1-15-11(19)9(12(20)16(2)13(15)21)10(18)14-7-5-3-4-6-8(7)17(22)23/h3-6,9H,1-2H3,(H,14,18). The van der Waals surface area contributed by atoms with Gasteiger partial charge in [-0.15, -0.1) is 0 Å². The van der Waals surface area contributed by atoms with Crippen LogP contribution in [0.5, 0.6) is 0 Å². The molecular weight excluding hydrogens is 308 g/mol. The first-order valence-electron chi connectivity index (χ1n) is 6.39. The molecule has 1 aromatic carbocycles. The maximum Gasteiger partial charge on any atom is 0.332 e. The first kappa shape index (κ1) is 16.1. The van der Waals surface area contributed by atoms with E-state index in [-0.39, 0.29) is 11.4 Å². The van der Waals surface area contributed by atoms with Crippen molar-refractivity contribution in [2.24, 2.45) is 5.92 Å². The van der Waals surface area contributed by atoms with Crippen molar-refractivity contribution < 1.29 is 24.1 Å². The molecule has 1 aromatic rings. The van der Waals surface area contributed by atoms with Crippen molar-refractivity contribution in [3.8, 4) is 0 Å². The number of rotatable bonds is 3. The van der Waals surface area contributed by atoms with Gasteiger partial charge in [-0.3, -0.25) is 34.3 Å². The average Bonchev–Trinajstić information content (AvgIpc) is 2.51. The van der Waals surface area contributed by atoms with E-state index in [9.17, 15) is 29.3 Å². The fourth-order valence-electron chi connectivity index (χ4n) is 2.07. The highest BCUT2D eigenvalue weighted by atomic mass is 16.6. The number of hydrogen-bond acceptors (Lipinski definition) is 6. The number of carbonyl (C=O) groups is 4. The third-order valence-electron chi connectivity index (χ3n) is 3.35. The van der Waals surface area contributed by atoms with Crippen LogP contribution in [0.15, 0.2) is 24.3 Å². The third-order valence-corrected chi connectivity index (χ3v) is 3.35. The Morgan fingerprint density at radius 1 is 1.13 bits per heavy atom. The molecule has 0 bridgehead atoms. The van der Waals surface area contributed by atoms with Crippen molar-refractivity contribution in [3.63, 3.8) is 0 Å². The van der Waals surface area contributed by atoms with E-state index in [4.69, 9.17) is 0 Å². The van der Waals surface area contributed by atoms with Gasteiger partial charge in [0.2, 0.25) is 5.91 Å². The van der Waals surface area contributed by atoms with Gasteiger partial charge in [0.15, 0.2) is 5.92 Å². The summed E-state index contributed by atoms with van der Waals surface area (Å²) >= 11 is 0. The van der Waals surface area contributed by atoms with E-state index in [1.807, 2.05) is 0 Å². The highest BCUT2D eigenvalue weighted by Gasteiger charge is 2.46. The summed E-state index contributed by atoms with van der Waals surface area (Å²) in [7, 11) is 2.28. The number of benzene rings is 1. The minimum absolute atomic E-state index is 0.148. The number of nitro groups is 1. The fourth-order valence-corrected chi connectivity index (χ4v) is 2.07. The lowest BCUT2D eigenvalue weighted by Gasteiger charge is -2.31. The van der Waals surface area contributed by atoms with E-state index < -0.39 is 34.6 Å². The van der Waals surface area contributed by atoms with Gasteiger partial charge < -0.3 is 5.32 Å². The Balaban J connectivity index is 2.30. The number of nitrogens with one attached hydrogen (secondary N) is 1. The van der Waals surface area contributed by atoms with Crippen LogP contribution in [0, 0.1) is 16.0 Å². The van der Waals surface area contributed by atoms with Gasteiger partial charge in [-0.2, -0.15) is 0 Å². The van der Waals surface area contributed by atoms with Gasteiger partial charge in [0.05, 0.1) is 4.92 Å². The molecule has 120 valence electrons. The van der Waals surface area contributed by atoms with E-state index in [0.717, 1.165) is 14.1 Å². The van der Waals surface area contributed by atoms with Crippen LogP contribution in [0.2, 0.25) is 0 Å². The second-order valence-electron chi connectivity index (χ2n) is 4.77. The maximum absolute atomic E-state index is 12.2. The van der Waals surface area contributed by atoms with Crippen LogP contribution in [0.1, 0.15) is 0 Å². The summed E-state index contributed by atoms with van der Waals surface area (Å²) in [6.45, 7) is 0. The van der Waals surface area contributed by atoms with Gasteiger partial charge in [0, 0.05) is 20.2 Å². The van der Waals surface area contributed by atoms with Crippen LogP contribution in [0.3, 0.4) is 0 Å². The van der Waals surface area contributed by atoms with E-state index in [1.54, 1.807) is 0 Å². The third kappa shape index (κ3) is 2.73. The second kappa shape index (κ2) is 5.83. The molecule has 10 nitrogen and oxygen atoms in total. The van der Waals surface area contributed by atoms with Crippen molar-refractivity contribution in [1.29, 1.82) is 0 Å². The van der Waals surface area contributed by atoms with Gasteiger partial charge in [0.1, 0.15) is 5.69 Å². The number of nitro benzene ring substituents is 1. The van der Waals surface area contributed by atoms with Crippen molar-refractivity contribution >= 4 is 35.1 Å². The summed E-state index contributed by atoms with van der Waals surface area (Å²) in [6.07, 6.45) is 0. The Bertz CT molecular complexity index is 707. The maximum atomic E-state index is 12.2. The predicted octanol–water partition coefficient (Wildman–Crippen LogP) is 0.200. The summed E-state index contributed by atoms with van der Waals surface area (Å²) in [5.74, 6) is -4.80. The number of barbiturate groups is 1. The summed E-state index contributed by atoms with van der Waals surface area (Å²) in [5.41, 5.74) is -0.528. The molecule has 1 heterocycles. The molecule has 0 spiro atoms. The van der Waals surface area contributed by atoms with E-state index >= 15 is 0 Å². The first-order valence-corrected chi connectivity index (χ1v) is 6.39. The number of anilines is 1. The van der Waals surface area contributed by atoms with Crippen molar-refractivity contribution in [1.82, 2.24) is 9.80 Å². The molecule has 5 amide bonds. The number of carbonyl (C=O) groups excluding carboxylic acids is 4. The van der Waals surface area contributed by atoms with Crippen molar-refractivity contribution in [2.75, 3.05) is 19.4 Å². The molecule has 1 fully saturated rings. The zero-order chi connectivity index (χ0) is 17.3. The van der Waals surface area contributed by atoms with Crippen LogP contribution in [0.25, 0.3) is 0 Å². The number of amides is 5. The molecule has 2 rings (SSSR count). The largest absolute Gasteiger partial charge is 0.332 e. The summed E-state index contributed by atoms with van der Waals surface area (Å²) in [6, 6.07) is 4.45. The highest BCUT2D eigenvalue weighted by Crippen LogP contribution is 2.25. The fraction of sp³-hybridized carbons (Fsp3) is 0.231. The number of hydrogen-bond donors (Lipinski definition) is 1. The van der Waals surface area contributed by atoms with Gasteiger partial charge in [-0.05, 0) is 6.07 Å². The monoisotopic (exact) mass is 320 g/mol. The molecule has 1 N–H and O–H groups in total. The molecule has 0 radical (unpaired) electrons. The zero-order valence-electron chi connectivity index (χ0n) is 12.2. The van der Waals surface area contributed by atoms with E-state index in [1.165, 1.54) is 24.3 Å². The molecule has 0 aliphatic carbocycles. The number of nitrogens with zero attached hydrogens (tertiary/aromatic N) is 3. The van der Waals surface area contributed by atoms with Gasteiger partial charge >= 0.3 is 6.03 Å². The van der Waals surface area contributed by atoms with Crippen molar-refractivity contribution in [3.05, 3.63) is 34.4 Å². The lowest BCUT2D eigenvalue weighted by atomic mass is 10.0. The molecular formula is C13H12N4O6. The summed E-state index contributed by atoms with van der Waals surface area (Å²) in [4.78, 5) is 59.3. The molecule has 1 aliphatic heterocycles. The summed E-state index contributed by atoms with van der Waals surface area (Å²) in [5, 5.41) is 13.1. The Morgan fingerprint density at radius 2 is 1.65 bits per heavy atom. The van der Waals surface area contributed by atoms with Crippen LogP contribution in [0.4, 0.5) is 16.2 Å². The normalized spacial score (nSPS) is 15.8. The minimum atomic E-state index is -1.78. The molecule has 0 aromatic heterocycles. The van der Waals surface area contributed by atoms with Gasteiger partial charge in [-0.1, -0.05) is 12.1 Å². The zero-order valence-corrected chi connectivity index (χ0v) is 12.2. The smallest absolute Gasteiger partial charge is 0.319 e. The van der Waals surface area contributed by atoms with Crippen molar-refractivity contribution in [2.45, 2.75) is 0 Å². The predicted molar refractivity (Wildman–Crippen MR) is 76.2 cm³/mol. The Labute approximate surface area is 129 Å². The number of imide groups is 2. The van der Waals surface area contributed by atoms with E-state index in [2.05, 4.69) is 5.32 Å². The lowest BCUT2D eigenvalue weighted by Crippen LogP contribution is -2.59.